The zero-order chi connectivity index (χ0) is 11.1. The maximum Gasteiger partial charge on any atom is 0.163 e. The van der Waals surface area contributed by atoms with Gasteiger partial charge in [0.15, 0.2) is 5.78 Å². The van der Waals surface area contributed by atoms with Crippen molar-refractivity contribution in [3.05, 3.63) is 21.9 Å². The molecule has 0 saturated heterocycles. The Morgan fingerprint density at radius 2 is 1.93 bits per heavy atom. The summed E-state index contributed by atoms with van der Waals surface area (Å²) < 4.78 is 0. The molecule has 1 aromatic rings. The van der Waals surface area contributed by atoms with E-state index in [4.69, 9.17) is 0 Å². The van der Waals surface area contributed by atoms with Crippen molar-refractivity contribution >= 4 is 17.1 Å². The van der Waals surface area contributed by atoms with Gasteiger partial charge in [-0.2, -0.15) is 11.3 Å². The van der Waals surface area contributed by atoms with Crippen molar-refractivity contribution in [3.63, 3.8) is 0 Å². The molecule has 0 aliphatic carbocycles. The minimum atomic E-state index is 0.324. The van der Waals surface area contributed by atoms with Gasteiger partial charge < -0.3 is 0 Å². The monoisotopic (exact) mass is 224 g/mol. The number of unbranched alkanes of at least 4 members (excludes halogenated alkanes) is 4. The molecule has 84 valence electrons. The van der Waals surface area contributed by atoms with Crippen LogP contribution >= 0.6 is 11.3 Å². The molecule has 0 radical (unpaired) electrons. The zero-order valence-electron chi connectivity index (χ0n) is 9.71. The standard InChI is InChI=1S/C13H20OS/c1-3-4-5-6-7-8-13(14)12-10-15-9-11(12)2/h9-10H,3-8H2,1-2H3. The van der Waals surface area contributed by atoms with Crippen molar-refractivity contribution in [2.24, 2.45) is 0 Å². The van der Waals surface area contributed by atoms with E-state index < -0.39 is 0 Å². The van der Waals surface area contributed by atoms with E-state index in [-0.39, 0.29) is 0 Å². The number of carbonyl (C=O) groups is 1. The fourth-order valence-corrected chi connectivity index (χ4v) is 2.52. The van der Waals surface area contributed by atoms with Crippen LogP contribution < -0.4 is 0 Å². The van der Waals surface area contributed by atoms with E-state index in [0.717, 1.165) is 24.0 Å². The first-order chi connectivity index (χ1) is 7.25. The molecule has 0 aliphatic rings. The van der Waals surface area contributed by atoms with Crippen molar-refractivity contribution in [1.29, 1.82) is 0 Å². The average Bonchev–Trinajstić information content (AvgIpc) is 2.64. The van der Waals surface area contributed by atoms with Gasteiger partial charge in [-0.05, 0) is 24.3 Å². The van der Waals surface area contributed by atoms with Crippen LogP contribution in [0.25, 0.3) is 0 Å². The molecule has 15 heavy (non-hydrogen) atoms. The molecule has 0 fully saturated rings. The Balaban J connectivity index is 2.22. The Morgan fingerprint density at radius 1 is 1.20 bits per heavy atom. The maximum atomic E-state index is 11.8. The van der Waals surface area contributed by atoms with Gasteiger partial charge in [0.1, 0.15) is 0 Å². The summed E-state index contributed by atoms with van der Waals surface area (Å²) in [5.41, 5.74) is 2.08. The number of hydrogen-bond donors (Lipinski definition) is 0. The summed E-state index contributed by atoms with van der Waals surface area (Å²) in [7, 11) is 0. The Hall–Kier alpha value is -0.630. The van der Waals surface area contributed by atoms with Crippen LogP contribution in [-0.2, 0) is 0 Å². The highest BCUT2D eigenvalue weighted by Crippen LogP contribution is 2.17. The van der Waals surface area contributed by atoms with E-state index in [1.807, 2.05) is 17.7 Å². The van der Waals surface area contributed by atoms with Gasteiger partial charge in [-0.15, -0.1) is 0 Å². The third kappa shape index (κ3) is 4.17. The second kappa shape index (κ2) is 6.78. The highest BCUT2D eigenvalue weighted by molar-refractivity contribution is 7.08. The first-order valence-corrected chi connectivity index (χ1v) is 6.76. The third-order valence-electron chi connectivity index (χ3n) is 2.66. The summed E-state index contributed by atoms with van der Waals surface area (Å²) in [4.78, 5) is 11.8. The van der Waals surface area contributed by atoms with Crippen LogP contribution in [0.3, 0.4) is 0 Å². The van der Waals surface area contributed by atoms with Crippen molar-refractivity contribution in [1.82, 2.24) is 0 Å². The third-order valence-corrected chi connectivity index (χ3v) is 3.52. The van der Waals surface area contributed by atoms with Crippen LogP contribution in [-0.4, -0.2) is 5.78 Å². The van der Waals surface area contributed by atoms with Crippen LogP contribution in [0, 0.1) is 6.92 Å². The second-order valence-electron chi connectivity index (χ2n) is 4.06. The lowest BCUT2D eigenvalue weighted by Crippen LogP contribution is -1.98. The number of thiophene rings is 1. The summed E-state index contributed by atoms with van der Waals surface area (Å²) in [6, 6.07) is 0. The zero-order valence-corrected chi connectivity index (χ0v) is 10.5. The Labute approximate surface area is 96.5 Å². The second-order valence-corrected chi connectivity index (χ2v) is 4.80. The number of hydrogen-bond acceptors (Lipinski definition) is 2. The van der Waals surface area contributed by atoms with Gasteiger partial charge in [0.05, 0.1) is 0 Å². The van der Waals surface area contributed by atoms with E-state index in [2.05, 4.69) is 6.92 Å². The maximum absolute atomic E-state index is 11.8. The highest BCUT2D eigenvalue weighted by atomic mass is 32.1. The van der Waals surface area contributed by atoms with Crippen LogP contribution in [0.5, 0.6) is 0 Å². The van der Waals surface area contributed by atoms with Gasteiger partial charge >= 0.3 is 0 Å². The molecule has 1 nitrogen and oxygen atoms in total. The van der Waals surface area contributed by atoms with Crippen LogP contribution in [0.4, 0.5) is 0 Å². The molecule has 0 aliphatic heterocycles. The van der Waals surface area contributed by atoms with Gasteiger partial charge in [0, 0.05) is 17.4 Å². The smallest absolute Gasteiger partial charge is 0.163 e. The Morgan fingerprint density at radius 3 is 2.53 bits per heavy atom. The molecule has 0 amide bonds. The van der Waals surface area contributed by atoms with Gasteiger partial charge in [0.25, 0.3) is 0 Å². The summed E-state index contributed by atoms with van der Waals surface area (Å²) in [6.45, 7) is 4.22. The van der Waals surface area contributed by atoms with E-state index in [9.17, 15) is 4.79 Å². The molecule has 0 N–H and O–H groups in total. The quantitative estimate of drug-likeness (QED) is 0.488. The van der Waals surface area contributed by atoms with Crippen molar-refractivity contribution in [2.45, 2.75) is 52.4 Å². The first kappa shape index (κ1) is 12.4. The largest absolute Gasteiger partial charge is 0.294 e. The number of rotatable bonds is 7. The van der Waals surface area contributed by atoms with Crippen LogP contribution in [0.2, 0.25) is 0 Å². The van der Waals surface area contributed by atoms with Crippen LogP contribution in [0.15, 0.2) is 10.8 Å². The van der Waals surface area contributed by atoms with Crippen molar-refractivity contribution < 1.29 is 4.79 Å². The molecule has 0 atom stereocenters. The summed E-state index contributed by atoms with van der Waals surface area (Å²) >= 11 is 1.62. The molecular formula is C13H20OS. The fourth-order valence-electron chi connectivity index (χ4n) is 1.67. The fraction of sp³-hybridized carbons (Fsp3) is 0.615. The van der Waals surface area contributed by atoms with Gasteiger partial charge in [0.2, 0.25) is 0 Å². The number of Topliss-reactive ketones (excluding diaryl/α,β-unsaturated/α-hetero) is 1. The summed E-state index contributed by atoms with van der Waals surface area (Å²) in [5.74, 6) is 0.324. The van der Waals surface area contributed by atoms with Crippen LogP contribution in [0.1, 0.15) is 61.4 Å². The molecule has 2 heteroatoms. The molecule has 1 rings (SSSR count). The minimum Gasteiger partial charge on any atom is -0.294 e. The molecule has 0 aromatic carbocycles. The van der Waals surface area contributed by atoms with Gasteiger partial charge in [-0.3, -0.25) is 4.79 Å². The number of aryl methyl sites for hydroxylation is 1. The summed E-state index contributed by atoms with van der Waals surface area (Å²) in [6.07, 6.45) is 6.80. The lowest BCUT2D eigenvalue weighted by Gasteiger charge is -2.00. The highest BCUT2D eigenvalue weighted by Gasteiger charge is 2.08. The molecule has 0 spiro atoms. The van der Waals surface area contributed by atoms with E-state index in [1.165, 1.54) is 25.7 Å². The van der Waals surface area contributed by atoms with E-state index in [1.54, 1.807) is 11.3 Å². The van der Waals surface area contributed by atoms with Crippen molar-refractivity contribution in [3.8, 4) is 0 Å². The summed E-state index contributed by atoms with van der Waals surface area (Å²) in [5, 5.41) is 4.02. The van der Waals surface area contributed by atoms with E-state index in [0.29, 0.717) is 5.78 Å². The molecule has 0 bridgehead atoms. The average molecular weight is 224 g/mol. The number of carbonyl (C=O) groups excluding carboxylic acids is 1. The van der Waals surface area contributed by atoms with Gasteiger partial charge in [-0.1, -0.05) is 32.6 Å². The molecule has 1 aromatic heterocycles. The normalized spacial score (nSPS) is 10.5. The Bertz CT molecular complexity index is 301. The topological polar surface area (TPSA) is 17.1 Å². The molecule has 0 unspecified atom stereocenters. The molecule has 0 saturated carbocycles. The number of ketones is 1. The predicted molar refractivity (Wildman–Crippen MR) is 66.8 cm³/mol. The molecule has 1 heterocycles. The van der Waals surface area contributed by atoms with Gasteiger partial charge in [-0.25, -0.2) is 0 Å². The minimum absolute atomic E-state index is 0.324. The lowest BCUT2D eigenvalue weighted by molar-refractivity contribution is 0.0979. The lowest BCUT2D eigenvalue weighted by atomic mass is 10.0. The van der Waals surface area contributed by atoms with Crippen molar-refractivity contribution in [2.75, 3.05) is 0 Å². The predicted octanol–water partition coefficient (Wildman–Crippen LogP) is 4.60. The SMILES string of the molecule is CCCCCCCC(=O)c1cscc1C. The Kier molecular flexibility index (Phi) is 5.62. The van der Waals surface area contributed by atoms with E-state index >= 15 is 0 Å². The molecular weight excluding hydrogens is 204 g/mol. The first-order valence-electron chi connectivity index (χ1n) is 5.81.